The molecule has 1 atom stereocenters. The van der Waals surface area contributed by atoms with Crippen LogP contribution in [0.5, 0.6) is 11.5 Å². The number of ether oxygens (including phenoxy) is 1. The zero-order valence-electron chi connectivity index (χ0n) is 25.3. The Hall–Kier alpha value is -5.40. The van der Waals surface area contributed by atoms with Crippen LogP contribution in [0.3, 0.4) is 0 Å². The van der Waals surface area contributed by atoms with Gasteiger partial charge in [0.05, 0.1) is 5.41 Å². The van der Waals surface area contributed by atoms with Crippen molar-refractivity contribution in [2.24, 2.45) is 0 Å². The SMILES string of the molecule is CC1(C)c2ccccc2Oc2cc(-c3cccc4c3-c3ccccc3C43c4ccccc4-c4cc5ccccc5cc43)ccc21. The zero-order chi connectivity index (χ0) is 29.9. The molecule has 2 aliphatic carbocycles. The van der Waals surface area contributed by atoms with Gasteiger partial charge in [0.15, 0.2) is 0 Å². The lowest BCUT2D eigenvalue weighted by molar-refractivity contribution is 0.418. The summed E-state index contributed by atoms with van der Waals surface area (Å²) in [6.45, 7) is 4.59. The Morgan fingerprint density at radius 1 is 0.400 bits per heavy atom. The molecule has 1 unspecified atom stereocenters. The van der Waals surface area contributed by atoms with Crippen molar-refractivity contribution in [1.29, 1.82) is 0 Å². The number of fused-ring (bicyclic) bond motifs is 13. The smallest absolute Gasteiger partial charge is 0.132 e. The molecule has 0 radical (unpaired) electrons. The van der Waals surface area contributed by atoms with Crippen molar-refractivity contribution in [2.75, 3.05) is 0 Å². The topological polar surface area (TPSA) is 9.23 Å². The van der Waals surface area contributed by atoms with Crippen LogP contribution >= 0.6 is 0 Å². The summed E-state index contributed by atoms with van der Waals surface area (Å²) in [6.07, 6.45) is 0. The van der Waals surface area contributed by atoms with Gasteiger partial charge in [0, 0.05) is 16.5 Å². The van der Waals surface area contributed by atoms with Crippen molar-refractivity contribution in [3.63, 3.8) is 0 Å². The van der Waals surface area contributed by atoms with Crippen LogP contribution in [0.25, 0.3) is 44.2 Å². The Labute approximate surface area is 263 Å². The minimum atomic E-state index is -0.385. The van der Waals surface area contributed by atoms with Crippen LogP contribution < -0.4 is 4.74 Å². The largest absolute Gasteiger partial charge is 0.457 e. The van der Waals surface area contributed by atoms with E-state index in [1.165, 1.54) is 77.5 Å². The number of benzene rings is 7. The second-order valence-electron chi connectivity index (χ2n) is 13.2. The first-order valence-corrected chi connectivity index (χ1v) is 15.9. The third kappa shape index (κ3) is 3.08. The summed E-state index contributed by atoms with van der Waals surface area (Å²) >= 11 is 0. The Morgan fingerprint density at radius 3 is 1.82 bits per heavy atom. The molecular formula is C44H30O. The van der Waals surface area contributed by atoms with E-state index in [-0.39, 0.29) is 10.8 Å². The van der Waals surface area contributed by atoms with E-state index in [0.717, 1.165) is 11.5 Å². The fourth-order valence-corrected chi connectivity index (χ4v) is 8.74. The molecule has 3 aliphatic rings. The van der Waals surface area contributed by atoms with Crippen LogP contribution in [0, 0.1) is 0 Å². The molecule has 1 nitrogen and oxygen atoms in total. The Bertz CT molecular complexity index is 2390. The molecule has 0 fully saturated rings. The Morgan fingerprint density at radius 2 is 1.00 bits per heavy atom. The summed E-state index contributed by atoms with van der Waals surface area (Å²) < 4.78 is 6.59. The number of para-hydroxylation sites is 1. The van der Waals surface area contributed by atoms with Crippen molar-refractivity contribution >= 4 is 10.8 Å². The molecule has 10 rings (SSSR count). The lowest BCUT2D eigenvalue weighted by Gasteiger charge is -2.34. The van der Waals surface area contributed by atoms with E-state index in [1.54, 1.807) is 0 Å². The highest BCUT2D eigenvalue weighted by Crippen LogP contribution is 2.64. The van der Waals surface area contributed by atoms with Crippen molar-refractivity contribution in [3.05, 3.63) is 179 Å². The predicted octanol–water partition coefficient (Wildman–Crippen LogP) is 11.3. The monoisotopic (exact) mass is 574 g/mol. The first-order chi connectivity index (χ1) is 22.1. The third-order valence-electron chi connectivity index (χ3n) is 10.7. The Kier molecular flexibility index (Phi) is 4.78. The van der Waals surface area contributed by atoms with Crippen LogP contribution in [0.4, 0.5) is 0 Å². The summed E-state index contributed by atoms with van der Waals surface area (Å²) in [5, 5.41) is 2.56. The van der Waals surface area contributed by atoms with Gasteiger partial charge in [-0.05, 0) is 90.7 Å². The molecule has 212 valence electrons. The summed E-state index contributed by atoms with van der Waals surface area (Å²) in [5.41, 5.74) is 15.1. The highest BCUT2D eigenvalue weighted by atomic mass is 16.5. The number of hydrogen-bond acceptors (Lipinski definition) is 1. The van der Waals surface area contributed by atoms with E-state index in [2.05, 4.69) is 159 Å². The van der Waals surface area contributed by atoms with Gasteiger partial charge in [-0.2, -0.15) is 0 Å². The van der Waals surface area contributed by atoms with E-state index in [9.17, 15) is 0 Å². The molecular weight excluding hydrogens is 544 g/mol. The minimum absolute atomic E-state index is 0.141. The first kappa shape index (κ1) is 25.0. The average molecular weight is 575 g/mol. The highest BCUT2D eigenvalue weighted by Gasteiger charge is 2.52. The van der Waals surface area contributed by atoms with Crippen LogP contribution in [0.15, 0.2) is 146 Å². The van der Waals surface area contributed by atoms with Gasteiger partial charge in [0.1, 0.15) is 11.5 Å². The molecule has 7 aromatic carbocycles. The molecule has 1 heterocycles. The van der Waals surface area contributed by atoms with Gasteiger partial charge in [0.2, 0.25) is 0 Å². The van der Waals surface area contributed by atoms with E-state index >= 15 is 0 Å². The van der Waals surface area contributed by atoms with Crippen molar-refractivity contribution < 1.29 is 4.74 Å². The van der Waals surface area contributed by atoms with Crippen LogP contribution in [0.2, 0.25) is 0 Å². The van der Waals surface area contributed by atoms with Gasteiger partial charge >= 0.3 is 0 Å². The molecule has 0 aromatic heterocycles. The predicted molar refractivity (Wildman–Crippen MR) is 184 cm³/mol. The summed E-state index contributed by atoms with van der Waals surface area (Å²) in [7, 11) is 0. The lowest BCUT2D eigenvalue weighted by Crippen LogP contribution is -2.25. The van der Waals surface area contributed by atoms with E-state index in [4.69, 9.17) is 4.74 Å². The fourth-order valence-electron chi connectivity index (χ4n) is 8.74. The lowest BCUT2D eigenvalue weighted by atomic mass is 9.70. The molecule has 1 spiro atoms. The second-order valence-corrected chi connectivity index (χ2v) is 13.2. The van der Waals surface area contributed by atoms with Crippen LogP contribution in [-0.4, -0.2) is 0 Å². The maximum absolute atomic E-state index is 6.59. The third-order valence-corrected chi connectivity index (χ3v) is 10.7. The summed E-state index contributed by atoms with van der Waals surface area (Å²) in [4.78, 5) is 0. The molecule has 1 heteroatoms. The van der Waals surface area contributed by atoms with E-state index in [1.807, 2.05) is 0 Å². The van der Waals surface area contributed by atoms with Crippen molar-refractivity contribution in [3.8, 4) is 44.9 Å². The minimum Gasteiger partial charge on any atom is -0.457 e. The molecule has 0 saturated carbocycles. The van der Waals surface area contributed by atoms with Crippen LogP contribution in [-0.2, 0) is 10.8 Å². The van der Waals surface area contributed by atoms with Crippen LogP contribution in [0.1, 0.15) is 47.2 Å². The summed E-state index contributed by atoms with van der Waals surface area (Å²) in [5.74, 6) is 1.89. The van der Waals surface area contributed by atoms with Gasteiger partial charge in [-0.25, -0.2) is 0 Å². The average Bonchev–Trinajstić information content (AvgIpc) is 3.54. The van der Waals surface area contributed by atoms with E-state index in [0.29, 0.717) is 0 Å². The normalized spacial score (nSPS) is 17.6. The second kappa shape index (κ2) is 8.61. The van der Waals surface area contributed by atoms with Gasteiger partial charge in [-0.1, -0.05) is 135 Å². The quantitative estimate of drug-likeness (QED) is 0.189. The first-order valence-electron chi connectivity index (χ1n) is 15.9. The van der Waals surface area contributed by atoms with Gasteiger partial charge < -0.3 is 4.74 Å². The highest BCUT2D eigenvalue weighted by molar-refractivity contribution is 6.02. The maximum Gasteiger partial charge on any atom is 0.132 e. The van der Waals surface area contributed by atoms with Gasteiger partial charge in [-0.15, -0.1) is 0 Å². The molecule has 0 amide bonds. The standard InChI is InChI=1S/C44H30O/c1-43(2)36-19-9-10-21-40(36)45-41-26-29(22-23-37(41)43)30-16-11-20-38-42(30)32-15-6-8-18-35(32)44(38)34-17-7-5-14-31(34)33-24-27-12-3-4-13-28(27)25-39(33)44/h3-26H,1-2H3. The summed E-state index contributed by atoms with van der Waals surface area (Å²) in [6, 6.07) is 53.9. The molecule has 0 N–H and O–H groups in total. The molecule has 0 saturated heterocycles. The molecule has 7 aromatic rings. The molecule has 1 aliphatic heterocycles. The van der Waals surface area contributed by atoms with E-state index < -0.39 is 0 Å². The molecule has 0 bridgehead atoms. The Balaban J connectivity index is 1.26. The van der Waals surface area contributed by atoms with Crippen molar-refractivity contribution in [2.45, 2.75) is 24.7 Å². The van der Waals surface area contributed by atoms with Crippen molar-refractivity contribution in [1.82, 2.24) is 0 Å². The fraction of sp³-hybridized carbons (Fsp3) is 0.0909. The molecule has 45 heavy (non-hydrogen) atoms. The van der Waals surface area contributed by atoms with Gasteiger partial charge in [-0.3, -0.25) is 0 Å². The number of hydrogen-bond donors (Lipinski definition) is 0. The maximum atomic E-state index is 6.59. The number of rotatable bonds is 1. The zero-order valence-corrected chi connectivity index (χ0v) is 25.3. The van der Waals surface area contributed by atoms with Gasteiger partial charge in [0.25, 0.3) is 0 Å².